The van der Waals surface area contributed by atoms with Crippen LogP contribution in [0.25, 0.3) is 5.76 Å². The molecule has 1 saturated heterocycles. The number of likely N-dealkylation sites (tertiary alicyclic amines) is 1. The molecule has 2 aromatic heterocycles. The molecule has 0 radical (unpaired) electrons. The molecule has 6 nitrogen and oxygen atoms in total. The Labute approximate surface area is 193 Å². The lowest BCUT2D eigenvalue weighted by Gasteiger charge is -2.26. The van der Waals surface area contributed by atoms with Gasteiger partial charge in [-0.1, -0.05) is 32.9 Å². The Hall–Kier alpha value is -3.80. The highest BCUT2D eigenvalue weighted by Gasteiger charge is 2.46. The smallest absolute Gasteiger partial charge is 0.295 e. The maximum atomic E-state index is 13.3. The van der Waals surface area contributed by atoms with E-state index >= 15 is 0 Å². The summed E-state index contributed by atoms with van der Waals surface area (Å²) in [6.07, 6.45) is 6.53. The maximum absolute atomic E-state index is 13.3. The molecule has 0 bridgehead atoms. The van der Waals surface area contributed by atoms with E-state index in [1.807, 2.05) is 25.1 Å². The summed E-state index contributed by atoms with van der Waals surface area (Å²) in [5.41, 5.74) is 3.93. The fraction of sp³-hybridized carbons (Fsp3) is 0.259. The van der Waals surface area contributed by atoms with Gasteiger partial charge in [-0.05, 0) is 64.9 Å². The normalized spacial score (nSPS) is 18.1. The van der Waals surface area contributed by atoms with Crippen LogP contribution in [0.15, 0.2) is 72.8 Å². The van der Waals surface area contributed by atoms with Gasteiger partial charge in [-0.3, -0.25) is 19.6 Å². The molecule has 0 spiro atoms. The number of hydrogen-bond donors (Lipinski definition) is 1. The maximum Gasteiger partial charge on any atom is 0.295 e. The van der Waals surface area contributed by atoms with E-state index in [4.69, 9.17) is 0 Å². The average molecular weight is 442 g/mol. The first-order chi connectivity index (χ1) is 15.7. The molecule has 1 unspecified atom stereocenters. The van der Waals surface area contributed by atoms with Gasteiger partial charge < -0.3 is 10.0 Å². The zero-order chi connectivity index (χ0) is 23.8. The number of hydrogen-bond acceptors (Lipinski definition) is 5. The Bertz CT molecular complexity index is 1230. The molecule has 3 heterocycles. The number of aromatic nitrogens is 2. The molecule has 4 rings (SSSR count). The van der Waals surface area contributed by atoms with Gasteiger partial charge in [-0.15, -0.1) is 0 Å². The minimum absolute atomic E-state index is 0.0921. The number of aliphatic hydroxyl groups is 1. The Morgan fingerprint density at radius 2 is 1.58 bits per heavy atom. The first kappa shape index (κ1) is 22.4. The average Bonchev–Trinajstić information content (AvgIpc) is 3.04. The lowest BCUT2D eigenvalue weighted by atomic mass is 9.84. The SMILES string of the molecule is Cc1ccc(C(C)(C)C)cc1/C(O)=C1\C(=O)C(=O)N(Cc2ccncc2)C1c1ccncc1. The zero-order valence-electron chi connectivity index (χ0n) is 19.2. The molecule has 1 amide bonds. The van der Waals surface area contributed by atoms with Crippen molar-refractivity contribution in [3.8, 4) is 0 Å². The van der Waals surface area contributed by atoms with E-state index in [1.54, 1.807) is 49.1 Å². The van der Waals surface area contributed by atoms with E-state index in [0.29, 0.717) is 11.1 Å². The van der Waals surface area contributed by atoms with Crippen LogP contribution in [0.3, 0.4) is 0 Å². The number of Topliss-reactive ketones (excluding diaryl/α,β-unsaturated/α-hetero) is 1. The minimum Gasteiger partial charge on any atom is -0.507 e. The molecule has 168 valence electrons. The molecular formula is C27H27N3O3. The first-order valence-electron chi connectivity index (χ1n) is 10.9. The molecule has 1 aromatic carbocycles. The molecule has 6 heteroatoms. The van der Waals surface area contributed by atoms with Gasteiger partial charge in [0.15, 0.2) is 0 Å². The van der Waals surface area contributed by atoms with Crippen LogP contribution in [0.5, 0.6) is 0 Å². The number of ketones is 1. The fourth-order valence-electron chi connectivity index (χ4n) is 4.11. The van der Waals surface area contributed by atoms with E-state index in [0.717, 1.165) is 16.7 Å². The standard InChI is InChI=1S/C27H27N3O3/c1-17-5-6-20(27(2,3)4)15-21(17)24(31)22-23(19-9-13-29-14-10-19)30(26(33)25(22)32)16-18-7-11-28-12-8-18/h5-15,23,31H,16H2,1-4H3/b24-22+. The van der Waals surface area contributed by atoms with Crippen molar-refractivity contribution in [1.29, 1.82) is 0 Å². The van der Waals surface area contributed by atoms with Crippen molar-refractivity contribution in [2.24, 2.45) is 0 Å². The molecular weight excluding hydrogens is 414 g/mol. The van der Waals surface area contributed by atoms with Crippen molar-refractivity contribution in [2.75, 3.05) is 0 Å². The van der Waals surface area contributed by atoms with Crippen molar-refractivity contribution in [1.82, 2.24) is 14.9 Å². The van der Waals surface area contributed by atoms with E-state index in [9.17, 15) is 14.7 Å². The number of nitrogens with zero attached hydrogens (tertiary/aromatic N) is 3. The van der Waals surface area contributed by atoms with Crippen LogP contribution in [0.4, 0.5) is 0 Å². The largest absolute Gasteiger partial charge is 0.507 e. The number of aliphatic hydroxyl groups excluding tert-OH is 1. The number of aryl methyl sites for hydroxylation is 1. The molecule has 1 atom stereocenters. The van der Waals surface area contributed by atoms with Crippen molar-refractivity contribution in [3.63, 3.8) is 0 Å². The number of rotatable bonds is 4. The highest BCUT2D eigenvalue weighted by atomic mass is 16.3. The van der Waals surface area contributed by atoms with Gasteiger partial charge in [0.1, 0.15) is 5.76 Å². The summed E-state index contributed by atoms with van der Waals surface area (Å²) < 4.78 is 0. The molecule has 0 saturated carbocycles. The van der Waals surface area contributed by atoms with Crippen molar-refractivity contribution < 1.29 is 14.7 Å². The van der Waals surface area contributed by atoms with Gasteiger partial charge >= 0.3 is 0 Å². The highest BCUT2D eigenvalue weighted by Crippen LogP contribution is 2.41. The fourth-order valence-corrected chi connectivity index (χ4v) is 4.11. The molecule has 0 aliphatic carbocycles. The quantitative estimate of drug-likeness (QED) is 0.360. The van der Waals surface area contributed by atoms with Crippen molar-refractivity contribution >= 4 is 17.4 Å². The van der Waals surface area contributed by atoms with E-state index in [1.165, 1.54) is 4.90 Å². The van der Waals surface area contributed by atoms with E-state index in [-0.39, 0.29) is 23.3 Å². The summed E-state index contributed by atoms with van der Waals surface area (Å²) in [4.78, 5) is 36.0. The van der Waals surface area contributed by atoms with Crippen LogP contribution in [0.1, 0.15) is 54.6 Å². The first-order valence-corrected chi connectivity index (χ1v) is 10.9. The Morgan fingerprint density at radius 1 is 0.970 bits per heavy atom. The molecule has 1 aliphatic rings. The second-order valence-electron chi connectivity index (χ2n) is 9.34. The van der Waals surface area contributed by atoms with Gasteiger partial charge in [0.25, 0.3) is 11.7 Å². The molecule has 1 fully saturated rings. The summed E-state index contributed by atoms with van der Waals surface area (Å²) in [7, 11) is 0. The molecule has 33 heavy (non-hydrogen) atoms. The summed E-state index contributed by atoms with van der Waals surface area (Å²) in [6.45, 7) is 8.37. The third-order valence-electron chi connectivity index (χ3n) is 6.02. The van der Waals surface area contributed by atoms with E-state index in [2.05, 4.69) is 30.7 Å². The topological polar surface area (TPSA) is 83.4 Å². The second kappa shape index (κ2) is 8.62. The lowest BCUT2D eigenvalue weighted by Crippen LogP contribution is -2.29. The summed E-state index contributed by atoms with van der Waals surface area (Å²) >= 11 is 0. The summed E-state index contributed by atoms with van der Waals surface area (Å²) in [5, 5.41) is 11.4. The van der Waals surface area contributed by atoms with Gasteiger partial charge in [0.2, 0.25) is 0 Å². The van der Waals surface area contributed by atoms with Crippen LogP contribution < -0.4 is 0 Å². The Kier molecular flexibility index (Phi) is 5.85. The number of carbonyl (C=O) groups is 2. The Morgan fingerprint density at radius 3 is 2.18 bits per heavy atom. The molecule has 1 aliphatic heterocycles. The van der Waals surface area contributed by atoms with Crippen LogP contribution in [0, 0.1) is 6.92 Å². The lowest BCUT2D eigenvalue weighted by molar-refractivity contribution is -0.140. The van der Waals surface area contributed by atoms with Crippen LogP contribution >= 0.6 is 0 Å². The monoisotopic (exact) mass is 441 g/mol. The number of pyridine rings is 2. The van der Waals surface area contributed by atoms with Crippen molar-refractivity contribution in [2.45, 2.75) is 45.7 Å². The van der Waals surface area contributed by atoms with Gasteiger partial charge in [0.05, 0.1) is 11.6 Å². The number of benzene rings is 1. The molecule has 3 aromatic rings. The minimum atomic E-state index is -0.723. The van der Waals surface area contributed by atoms with Crippen LogP contribution in [-0.2, 0) is 21.5 Å². The van der Waals surface area contributed by atoms with Crippen LogP contribution in [0.2, 0.25) is 0 Å². The number of carbonyl (C=O) groups excluding carboxylic acids is 2. The predicted octanol–water partition coefficient (Wildman–Crippen LogP) is 4.70. The summed E-state index contributed by atoms with van der Waals surface area (Å²) in [5.74, 6) is -1.49. The van der Waals surface area contributed by atoms with Gasteiger partial charge in [0, 0.05) is 36.9 Å². The number of amides is 1. The predicted molar refractivity (Wildman–Crippen MR) is 126 cm³/mol. The van der Waals surface area contributed by atoms with Gasteiger partial charge in [-0.25, -0.2) is 0 Å². The third kappa shape index (κ3) is 4.29. The van der Waals surface area contributed by atoms with E-state index < -0.39 is 17.7 Å². The van der Waals surface area contributed by atoms with Crippen molar-refractivity contribution in [3.05, 3.63) is 101 Å². The highest BCUT2D eigenvalue weighted by molar-refractivity contribution is 6.46. The Balaban J connectivity index is 1.90. The zero-order valence-corrected chi connectivity index (χ0v) is 19.2. The molecule has 1 N–H and O–H groups in total. The second-order valence-corrected chi connectivity index (χ2v) is 9.34. The summed E-state index contributed by atoms with van der Waals surface area (Å²) in [6, 6.07) is 12.3. The van der Waals surface area contributed by atoms with Crippen LogP contribution in [-0.4, -0.2) is 31.7 Å². The van der Waals surface area contributed by atoms with Gasteiger partial charge in [-0.2, -0.15) is 0 Å². The third-order valence-corrected chi connectivity index (χ3v) is 6.02.